The Bertz CT molecular complexity index is 556. The number of nitrogens with two attached hydrogens (primary N) is 1. The van der Waals surface area contributed by atoms with Crippen molar-refractivity contribution in [2.75, 3.05) is 6.54 Å². The average Bonchev–Trinajstić information content (AvgIpc) is 2.38. The zero-order chi connectivity index (χ0) is 13.0. The average molecular weight is 316 g/mol. The number of aromatic nitrogens is 1. The molecule has 0 saturated carbocycles. The molecule has 0 bridgehead atoms. The third kappa shape index (κ3) is 4.63. The Morgan fingerprint density at radius 1 is 1.30 bits per heavy atom. The Balaban J connectivity index is 0.00000180. The maximum Gasteiger partial charge on any atom is 0.236 e. The number of amides is 1. The number of halogens is 2. The molecule has 3 N–H and O–H groups in total. The molecule has 20 heavy (non-hydrogen) atoms. The van der Waals surface area contributed by atoms with E-state index in [1.807, 2.05) is 30.3 Å². The lowest BCUT2D eigenvalue weighted by Gasteiger charge is -2.09. The molecular formula is C14H19Cl2N3O. The first kappa shape index (κ1) is 18.6. The number of hydrogen-bond donors (Lipinski definition) is 2. The standard InChI is InChI=1S/C14H17N3O.2ClH/c1-10(15)14(18)17-9-7-12-5-2-4-11-6-3-8-16-13(11)12;;/h2-6,8,10H,7,9,15H2,1H3,(H,17,18);2*1H/t10-;;/m0../s1. The maximum absolute atomic E-state index is 11.3. The molecule has 0 aliphatic heterocycles. The van der Waals surface area contributed by atoms with Crippen LogP contribution in [0.25, 0.3) is 10.9 Å². The molecule has 0 unspecified atom stereocenters. The molecule has 1 heterocycles. The van der Waals surface area contributed by atoms with Gasteiger partial charge in [-0.3, -0.25) is 9.78 Å². The third-order valence-corrected chi connectivity index (χ3v) is 2.82. The number of carbonyl (C=O) groups is 1. The van der Waals surface area contributed by atoms with Gasteiger partial charge in [-0.15, -0.1) is 24.8 Å². The maximum atomic E-state index is 11.3. The zero-order valence-corrected chi connectivity index (χ0v) is 12.8. The Hall–Kier alpha value is -1.36. The topological polar surface area (TPSA) is 68.0 Å². The predicted molar refractivity (Wildman–Crippen MR) is 86.6 cm³/mol. The van der Waals surface area contributed by atoms with E-state index in [4.69, 9.17) is 5.73 Å². The lowest BCUT2D eigenvalue weighted by Crippen LogP contribution is -2.39. The van der Waals surface area contributed by atoms with Crippen molar-refractivity contribution in [3.05, 3.63) is 42.1 Å². The second kappa shape index (κ2) is 8.74. The monoisotopic (exact) mass is 315 g/mol. The third-order valence-electron chi connectivity index (χ3n) is 2.82. The quantitative estimate of drug-likeness (QED) is 0.907. The molecule has 0 radical (unpaired) electrons. The smallest absolute Gasteiger partial charge is 0.236 e. The molecule has 1 amide bonds. The van der Waals surface area contributed by atoms with Crippen LogP contribution in [0.2, 0.25) is 0 Å². The lowest BCUT2D eigenvalue weighted by atomic mass is 10.1. The van der Waals surface area contributed by atoms with E-state index in [-0.39, 0.29) is 30.7 Å². The van der Waals surface area contributed by atoms with Crippen molar-refractivity contribution in [3.63, 3.8) is 0 Å². The number of nitrogens with one attached hydrogen (secondary N) is 1. The van der Waals surface area contributed by atoms with Crippen LogP contribution < -0.4 is 11.1 Å². The molecule has 0 fully saturated rings. The van der Waals surface area contributed by atoms with E-state index in [1.54, 1.807) is 13.1 Å². The minimum absolute atomic E-state index is 0. The number of fused-ring (bicyclic) bond motifs is 1. The van der Waals surface area contributed by atoms with Crippen LogP contribution in [0.5, 0.6) is 0 Å². The van der Waals surface area contributed by atoms with Gasteiger partial charge in [0, 0.05) is 18.1 Å². The van der Waals surface area contributed by atoms with E-state index in [1.165, 1.54) is 0 Å². The molecule has 1 aromatic heterocycles. The van der Waals surface area contributed by atoms with Crippen LogP contribution >= 0.6 is 24.8 Å². The van der Waals surface area contributed by atoms with Crippen molar-refractivity contribution in [2.45, 2.75) is 19.4 Å². The van der Waals surface area contributed by atoms with E-state index in [2.05, 4.69) is 10.3 Å². The summed E-state index contributed by atoms with van der Waals surface area (Å²) in [6.07, 6.45) is 2.54. The van der Waals surface area contributed by atoms with Crippen molar-refractivity contribution >= 4 is 41.6 Å². The van der Waals surface area contributed by atoms with Crippen LogP contribution in [0, 0.1) is 0 Å². The predicted octanol–water partition coefficient (Wildman–Crippen LogP) is 2.08. The van der Waals surface area contributed by atoms with Crippen LogP contribution in [-0.2, 0) is 11.2 Å². The van der Waals surface area contributed by atoms with Gasteiger partial charge < -0.3 is 11.1 Å². The second-order valence-corrected chi connectivity index (χ2v) is 4.32. The molecule has 2 rings (SSSR count). The minimum Gasteiger partial charge on any atom is -0.354 e. The number of carbonyl (C=O) groups excluding carboxylic acids is 1. The van der Waals surface area contributed by atoms with Crippen molar-refractivity contribution in [2.24, 2.45) is 5.73 Å². The normalized spacial score (nSPS) is 11.1. The zero-order valence-electron chi connectivity index (χ0n) is 11.2. The number of pyridine rings is 1. The Kier molecular flexibility index (Phi) is 8.15. The highest BCUT2D eigenvalue weighted by molar-refractivity contribution is 5.85. The summed E-state index contributed by atoms with van der Waals surface area (Å²) in [4.78, 5) is 15.7. The van der Waals surface area contributed by atoms with Crippen molar-refractivity contribution in [3.8, 4) is 0 Å². The van der Waals surface area contributed by atoms with Gasteiger partial charge in [0.2, 0.25) is 5.91 Å². The van der Waals surface area contributed by atoms with Gasteiger partial charge in [0.25, 0.3) is 0 Å². The first-order valence-electron chi connectivity index (χ1n) is 6.04. The summed E-state index contributed by atoms with van der Waals surface area (Å²) in [5.41, 5.74) is 7.61. The first-order chi connectivity index (χ1) is 8.68. The number of nitrogens with zero attached hydrogens (tertiary/aromatic N) is 1. The second-order valence-electron chi connectivity index (χ2n) is 4.32. The molecule has 0 aliphatic rings. The fourth-order valence-corrected chi connectivity index (χ4v) is 1.85. The minimum atomic E-state index is -0.462. The summed E-state index contributed by atoms with van der Waals surface area (Å²) in [5, 5.41) is 3.92. The number of rotatable bonds is 4. The van der Waals surface area contributed by atoms with Crippen molar-refractivity contribution in [1.29, 1.82) is 0 Å². The van der Waals surface area contributed by atoms with Gasteiger partial charge in [0.05, 0.1) is 11.6 Å². The van der Waals surface area contributed by atoms with E-state index in [0.717, 1.165) is 22.9 Å². The molecule has 110 valence electrons. The summed E-state index contributed by atoms with van der Waals surface area (Å²) < 4.78 is 0. The molecule has 6 heteroatoms. The molecule has 1 aromatic carbocycles. The molecule has 1 atom stereocenters. The van der Waals surface area contributed by atoms with Crippen LogP contribution in [0.1, 0.15) is 12.5 Å². The Morgan fingerprint density at radius 3 is 2.70 bits per heavy atom. The fraction of sp³-hybridized carbons (Fsp3) is 0.286. The molecule has 0 saturated heterocycles. The van der Waals surface area contributed by atoms with Gasteiger partial charge >= 0.3 is 0 Å². The fourth-order valence-electron chi connectivity index (χ4n) is 1.85. The summed E-state index contributed by atoms with van der Waals surface area (Å²) in [7, 11) is 0. The van der Waals surface area contributed by atoms with Crippen LogP contribution in [-0.4, -0.2) is 23.5 Å². The van der Waals surface area contributed by atoms with Crippen LogP contribution in [0.3, 0.4) is 0 Å². The highest BCUT2D eigenvalue weighted by atomic mass is 35.5. The van der Waals surface area contributed by atoms with Gasteiger partial charge in [0.1, 0.15) is 0 Å². The Morgan fingerprint density at radius 2 is 2.00 bits per heavy atom. The number of para-hydroxylation sites is 1. The molecule has 2 aromatic rings. The lowest BCUT2D eigenvalue weighted by molar-refractivity contribution is -0.121. The van der Waals surface area contributed by atoms with E-state index in [0.29, 0.717) is 6.54 Å². The molecular weight excluding hydrogens is 297 g/mol. The van der Waals surface area contributed by atoms with Gasteiger partial charge in [0.15, 0.2) is 0 Å². The van der Waals surface area contributed by atoms with E-state index in [9.17, 15) is 4.79 Å². The highest BCUT2D eigenvalue weighted by Gasteiger charge is 2.06. The summed E-state index contributed by atoms with van der Waals surface area (Å²) >= 11 is 0. The SMILES string of the molecule is C[C@H](N)C(=O)NCCc1cccc2cccnc12.Cl.Cl. The van der Waals surface area contributed by atoms with Crippen molar-refractivity contribution in [1.82, 2.24) is 10.3 Å². The highest BCUT2D eigenvalue weighted by Crippen LogP contribution is 2.15. The van der Waals surface area contributed by atoms with E-state index >= 15 is 0 Å². The van der Waals surface area contributed by atoms with Gasteiger partial charge in [-0.05, 0) is 25.0 Å². The molecule has 4 nitrogen and oxygen atoms in total. The van der Waals surface area contributed by atoms with E-state index < -0.39 is 6.04 Å². The molecule has 0 spiro atoms. The first-order valence-corrected chi connectivity index (χ1v) is 6.04. The number of hydrogen-bond acceptors (Lipinski definition) is 3. The number of benzene rings is 1. The van der Waals surface area contributed by atoms with Gasteiger partial charge in [-0.25, -0.2) is 0 Å². The summed E-state index contributed by atoms with van der Waals surface area (Å²) in [5.74, 6) is -0.122. The largest absolute Gasteiger partial charge is 0.354 e. The molecule has 0 aliphatic carbocycles. The summed E-state index contributed by atoms with van der Waals surface area (Å²) in [6.45, 7) is 2.25. The Labute approximate surface area is 131 Å². The van der Waals surface area contributed by atoms with Crippen LogP contribution in [0.4, 0.5) is 0 Å². The van der Waals surface area contributed by atoms with Crippen LogP contribution in [0.15, 0.2) is 36.5 Å². The van der Waals surface area contributed by atoms with Crippen molar-refractivity contribution < 1.29 is 4.79 Å². The summed E-state index contributed by atoms with van der Waals surface area (Å²) in [6, 6.07) is 9.57. The van der Waals surface area contributed by atoms with Gasteiger partial charge in [-0.2, -0.15) is 0 Å². The van der Waals surface area contributed by atoms with Gasteiger partial charge in [-0.1, -0.05) is 24.3 Å².